The van der Waals surface area contributed by atoms with Crippen molar-refractivity contribution < 1.29 is 8.42 Å². The van der Waals surface area contributed by atoms with Crippen LogP contribution >= 0.6 is 0 Å². The molecule has 0 aromatic heterocycles. The fourth-order valence-corrected chi connectivity index (χ4v) is 2.94. The zero-order valence-electron chi connectivity index (χ0n) is 11.5. The zero-order chi connectivity index (χ0) is 13.4. The van der Waals surface area contributed by atoms with Crippen LogP contribution in [0.15, 0.2) is 0 Å². The quantitative estimate of drug-likeness (QED) is 0.631. The van der Waals surface area contributed by atoms with Gasteiger partial charge in [0.05, 0.1) is 5.75 Å². The second kappa shape index (κ2) is 8.09. The molecule has 1 fully saturated rings. The lowest BCUT2D eigenvalue weighted by Crippen LogP contribution is -2.39. The second-order valence-electron chi connectivity index (χ2n) is 5.11. The number of hydrogen-bond acceptors (Lipinski definition) is 4. The Morgan fingerprint density at radius 2 is 2.11 bits per heavy atom. The first-order valence-electron chi connectivity index (χ1n) is 6.91. The van der Waals surface area contributed by atoms with Crippen LogP contribution in [0.4, 0.5) is 0 Å². The first kappa shape index (κ1) is 15.9. The fraction of sp³-hybridized carbons (Fsp3) is 1.00. The van der Waals surface area contributed by atoms with Crippen molar-refractivity contribution in [2.75, 3.05) is 25.9 Å². The normalized spacial score (nSPS) is 23.6. The molecular weight excluding hydrogens is 250 g/mol. The molecule has 0 saturated carbocycles. The monoisotopic (exact) mass is 277 g/mol. The Bertz CT molecular complexity index is 311. The third-order valence-electron chi connectivity index (χ3n) is 3.48. The smallest absolute Gasteiger partial charge is 0.212 e. The molecule has 0 aromatic carbocycles. The lowest BCUT2D eigenvalue weighted by Gasteiger charge is -2.21. The van der Waals surface area contributed by atoms with Crippen LogP contribution in [0.1, 0.15) is 39.0 Å². The van der Waals surface area contributed by atoms with Crippen LogP contribution in [0.5, 0.6) is 0 Å². The van der Waals surface area contributed by atoms with Crippen molar-refractivity contribution >= 4 is 10.0 Å². The minimum absolute atomic E-state index is 0.145. The van der Waals surface area contributed by atoms with Crippen molar-refractivity contribution in [1.29, 1.82) is 0 Å². The number of nitrogens with one attached hydrogen (secondary N) is 3. The van der Waals surface area contributed by atoms with Gasteiger partial charge in [-0.1, -0.05) is 12.8 Å². The average molecular weight is 277 g/mol. The Kier molecular flexibility index (Phi) is 7.14. The number of rotatable bonds is 7. The molecule has 108 valence electrons. The van der Waals surface area contributed by atoms with Gasteiger partial charge in [0.1, 0.15) is 0 Å². The highest BCUT2D eigenvalue weighted by Crippen LogP contribution is 2.12. The molecule has 0 aromatic rings. The van der Waals surface area contributed by atoms with Gasteiger partial charge in [0, 0.05) is 18.6 Å². The van der Waals surface area contributed by atoms with Crippen LogP contribution in [0, 0.1) is 0 Å². The van der Waals surface area contributed by atoms with Crippen molar-refractivity contribution in [3.05, 3.63) is 0 Å². The summed E-state index contributed by atoms with van der Waals surface area (Å²) in [6, 6.07) is 0.934. The van der Waals surface area contributed by atoms with Crippen LogP contribution in [-0.2, 0) is 10.0 Å². The van der Waals surface area contributed by atoms with Gasteiger partial charge in [0.2, 0.25) is 10.0 Å². The van der Waals surface area contributed by atoms with Gasteiger partial charge >= 0.3 is 0 Å². The Hall–Kier alpha value is -0.170. The van der Waals surface area contributed by atoms with Gasteiger partial charge in [-0.2, -0.15) is 0 Å². The van der Waals surface area contributed by atoms with Crippen LogP contribution in [-0.4, -0.2) is 46.4 Å². The van der Waals surface area contributed by atoms with Crippen molar-refractivity contribution in [3.8, 4) is 0 Å². The molecule has 6 heteroatoms. The molecule has 1 saturated heterocycles. The summed E-state index contributed by atoms with van der Waals surface area (Å²) in [4.78, 5) is 0. The molecule has 0 bridgehead atoms. The standard InChI is InChI=1S/C12H27N3O2S/c1-11(14-8-9-18(16,17)13-2)10-12-6-4-3-5-7-15-12/h11-15H,3-10H2,1-2H3. The molecule has 1 aliphatic heterocycles. The van der Waals surface area contributed by atoms with Gasteiger partial charge in [-0.05, 0) is 39.8 Å². The van der Waals surface area contributed by atoms with E-state index < -0.39 is 10.0 Å². The summed E-state index contributed by atoms with van der Waals surface area (Å²) in [5, 5.41) is 6.84. The molecule has 0 spiro atoms. The van der Waals surface area contributed by atoms with Gasteiger partial charge in [0.15, 0.2) is 0 Å². The molecule has 3 N–H and O–H groups in total. The van der Waals surface area contributed by atoms with Crippen LogP contribution < -0.4 is 15.4 Å². The molecule has 5 nitrogen and oxygen atoms in total. The number of hydrogen-bond donors (Lipinski definition) is 3. The fourth-order valence-electron chi connectivity index (χ4n) is 2.35. The van der Waals surface area contributed by atoms with E-state index in [1.807, 2.05) is 0 Å². The van der Waals surface area contributed by atoms with E-state index in [-0.39, 0.29) is 5.75 Å². The van der Waals surface area contributed by atoms with Gasteiger partial charge < -0.3 is 10.6 Å². The predicted molar refractivity (Wildman–Crippen MR) is 75.2 cm³/mol. The molecule has 0 amide bonds. The van der Waals surface area contributed by atoms with Gasteiger partial charge in [0.25, 0.3) is 0 Å². The first-order chi connectivity index (χ1) is 8.53. The van der Waals surface area contributed by atoms with E-state index in [1.54, 1.807) is 0 Å². The molecule has 0 radical (unpaired) electrons. The topological polar surface area (TPSA) is 70.2 Å². The van der Waals surface area contributed by atoms with Gasteiger partial charge in [-0.15, -0.1) is 0 Å². The van der Waals surface area contributed by atoms with E-state index in [2.05, 4.69) is 22.3 Å². The number of sulfonamides is 1. The van der Waals surface area contributed by atoms with Crippen LogP contribution in [0.3, 0.4) is 0 Å². The molecule has 1 heterocycles. The average Bonchev–Trinajstić information content (AvgIpc) is 2.57. The molecule has 1 rings (SSSR count). The summed E-state index contributed by atoms with van der Waals surface area (Å²) >= 11 is 0. The van der Waals surface area contributed by atoms with E-state index in [4.69, 9.17) is 0 Å². The minimum Gasteiger partial charge on any atom is -0.314 e. The lowest BCUT2D eigenvalue weighted by molar-refractivity contribution is 0.408. The lowest BCUT2D eigenvalue weighted by atomic mass is 10.0. The molecule has 2 unspecified atom stereocenters. The maximum Gasteiger partial charge on any atom is 0.212 e. The summed E-state index contributed by atoms with van der Waals surface area (Å²) in [5.41, 5.74) is 0. The van der Waals surface area contributed by atoms with Crippen LogP contribution in [0.25, 0.3) is 0 Å². The Balaban J connectivity index is 2.18. The van der Waals surface area contributed by atoms with Crippen molar-refractivity contribution in [2.45, 2.75) is 51.1 Å². The van der Waals surface area contributed by atoms with Crippen LogP contribution in [0.2, 0.25) is 0 Å². The summed E-state index contributed by atoms with van der Waals surface area (Å²) in [5.74, 6) is 0.145. The SMILES string of the molecule is CNS(=O)(=O)CCNC(C)CC1CCCCCN1. The van der Waals surface area contributed by atoms with Gasteiger partial charge in [-0.25, -0.2) is 13.1 Å². The van der Waals surface area contributed by atoms with Crippen molar-refractivity contribution in [1.82, 2.24) is 15.4 Å². The molecule has 18 heavy (non-hydrogen) atoms. The van der Waals surface area contributed by atoms with Gasteiger partial charge in [-0.3, -0.25) is 0 Å². The highest BCUT2D eigenvalue weighted by Gasteiger charge is 2.15. The van der Waals surface area contributed by atoms with E-state index in [9.17, 15) is 8.42 Å². The highest BCUT2D eigenvalue weighted by molar-refractivity contribution is 7.89. The maximum absolute atomic E-state index is 11.3. The Labute approximate surface area is 111 Å². The Morgan fingerprint density at radius 3 is 2.83 bits per heavy atom. The largest absolute Gasteiger partial charge is 0.314 e. The van der Waals surface area contributed by atoms with E-state index >= 15 is 0 Å². The molecule has 1 aliphatic rings. The van der Waals surface area contributed by atoms with E-state index in [0.717, 1.165) is 13.0 Å². The predicted octanol–water partition coefficient (Wildman–Crippen LogP) is 0.436. The van der Waals surface area contributed by atoms with E-state index in [0.29, 0.717) is 18.6 Å². The third-order valence-corrected chi connectivity index (χ3v) is 4.84. The minimum atomic E-state index is -3.08. The Morgan fingerprint density at radius 1 is 1.33 bits per heavy atom. The van der Waals surface area contributed by atoms with Crippen molar-refractivity contribution in [2.24, 2.45) is 0 Å². The molecule has 2 atom stereocenters. The summed E-state index contributed by atoms with van der Waals surface area (Å²) in [7, 11) is -1.63. The summed E-state index contributed by atoms with van der Waals surface area (Å²) in [6.45, 7) is 3.75. The van der Waals surface area contributed by atoms with E-state index in [1.165, 1.54) is 32.7 Å². The maximum atomic E-state index is 11.3. The summed E-state index contributed by atoms with van der Waals surface area (Å²) in [6.07, 6.45) is 6.21. The summed E-state index contributed by atoms with van der Waals surface area (Å²) < 4.78 is 24.8. The molecule has 0 aliphatic carbocycles. The third kappa shape index (κ3) is 6.68. The van der Waals surface area contributed by atoms with Crippen molar-refractivity contribution in [3.63, 3.8) is 0 Å². The first-order valence-corrected chi connectivity index (χ1v) is 8.56. The highest BCUT2D eigenvalue weighted by atomic mass is 32.2. The molecular formula is C12H27N3O2S. The second-order valence-corrected chi connectivity index (χ2v) is 7.16. The zero-order valence-corrected chi connectivity index (χ0v) is 12.4.